The van der Waals surface area contributed by atoms with Gasteiger partial charge in [0.15, 0.2) is 0 Å². The Balaban J connectivity index is 2.21. The van der Waals surface area contributed by atoms with Crippen molar-refractivity contribution in [1.82, 2.24) is 0 Å². The molecule has 0 aromatic heterocycles. The summed E-state index contributed by atoms with van der Waals surface area (Å²) in [4.78, 5) is 0. The van der Waals surface area contributed by atoms with Crippen molar-refractivity contribution < 1.29 is 0 Å². The predicted molar refractivity (Wildman–Crippen MR) is 52.9 cm³/mol. The van der Waals surface area contributed by atoms with Gasteiger partial charge < -0.3 is 0 Å². The first-order valence-corrected chi connectivity index (χ1v) is 5.61. The van der Waals surface area contributed by atoms with E-state index in [1.165, 1.54) is 12.8 Å². The van der Waals surface area contributed by atoms with Crippen molar-refractivity contribution in [3.05, 3.63) is 0 Å². The van der Waals surface area contributed by atoms with Crippen LogP contribution in [0.5, 0.6) is 0 Å². The summed E-state index contributed by atoms with van der Waals surface area (Å²) in [5.74, 6) is 6.10. The summed E-state index contributed by atoms with van der Waals surface area (Å²) in [5, 5.41) is 0. The lowest BCUT2D eigenvalue weighted by Crippen LogP contribution is -2.31. The maximum Gasteiger partial charge on any atom is -0.0332 e. The first-order chi connectivity index (χ1) is 5.61. The largest absolute Gasteiger partial charge is 0.0622 e. The van der Waals surface area contributed by atoms with Crippen molar-refractivity contribution in [3.63, 3.8) is 0 Å². The lowest BCUT2D eigenvalue weighted by atomic mass is 9.67. The van der Waals surface area contributed by atoms with Crippen LogP contribution < -0.4 is 0 Å². The lowest BCUT2D eigenvalue weighted by Gasteiger charge is -2.38. The molecule has 70 valence electrons. The van der Waals surface area contributed by atoms with Gasteiger partial charge in [-0.3, -0.25) is 0 Å². The minimum absolute atomic E-state index is 0.980. The Labute approximate surface area is 76.7 Å². The minimum atomic E-state index is 0.980. The fourth-order valence-electron chi connectivity index (χ4n) is 4.06. The Morgan fingerprint density at radius 3 is 2.00 bits per heavy atom. The molecule has 0 nitrogen and oxygen atoms in total. The van der Waals surface area contributed by atoms with E-state index in [-0.39, 0.29) is 0 Å². The van der Waals surface area contributed by atoms with Crippen molar-refractivity contribution in [2.75, 3.05) is 0 Å². The Bertz CT molecular complexity index is 173. The van der Waals surface area contributed by atoms with Gasteiger partial charge in [0.2, 0.25) is 0 Å². The van der Waals surface area contributed by atoms with Crippen LogP contribution >= 0.6 is 0 Å². The summed E-state index contributed by atoms with van der Waals surface area (Å²) >= 11 is 0. The molecule has 0 spiro atoms. The Morgan fingerprint density at radius 1 is 0.750 bits per heavy atom. The molecule has 0 N–H and O–H groups in total. The quantitative estimate of drug-likeness (QED) is 0.516. The molecular weight excluding hydrogens is 144 g/mol. The van der Waals surface area contributed by atoms with E-state index in [2.05, 4.69) is 27.7 Å². The van der Waals surface area contributed by atoms with Crippen molar-refractivity contribution in [2.24, 2.45) is 35.5 Å². The van der Waals surface area contributed by atoms with Crippen LogP contribution in [-0.2, 0) is 0 Å². The Kier molecular flexibility index (Phi) is 1.97. The molecule has 0 amide bonds. The highest BCUT2D eigenvalue weighted by molar-refractivity contribution is 4.95. The predicted octanol–water partition coefficient (Wildman–Crippen LogP) is 3.57. The van der Waals surface area contributed by atoms with Gasteiger partial charge in [0, 0.05) is 0 Å². The molecule has 0 heteroatoms. The average molecular weight is 166 g/mol. The molecule has 2 bridgehead atoms. The first kappa shape index (κ1) is 8.59. The van der Waals surface area contributed by atoms with Crippen LogP contribution in [0.15, 0.2) is 0 Å². The van der Waals surface area contributed by atoms with Crippen molar-refractivity contribution in [3.8, 4) is 0 Å². The Morgan fingerprint density at radius 2 is 1.33 bits per heavy atom. The smallest absolute Gasteiger partial charge is 0.0332 e. The molecule has 0 aromatic carbocycles. The van der Waals surface area contributed by atoms with Gasteiger partial charge in [0.05, 0.1) is 0 Å². The SMILES string of the molecule is CC1CC2CC(C)C(C1C)C2C. The van der Waals surface area contributed by atoms with Crippen LogP contribution in [-0.4, -0.2) is 0 Å². The molecule has 12 heavy (non-hydrogen) atoms. The van der Waals surface area contributed by atoms with Gasteiger partial charge in [0.25, 0.3) is 0 Å². The summed E-state index contributed by atoms with van der Waals surface area (Å²) in [6.45, 7) is 9.88. The van der Waals surface area contributed by atoms with Crippen LogP contribution in [0.25, 0.3) is 0 Å². The lowest BCUT2D eigenvalue weighted by molar-refractivity contribution is 0.107. The van der Waals surface area contributed by atoms with Gasteiger partial charge in [-0.1, -0.05) is 27.7 Å². The minimum Gasteiger partial charge on any atom is -0.0622 e. The van der Waals surface area contributed by atoms with Crippen LogP contribution in [0.1, 0.15) is 40.5 Å². The van der Waals surface area contributed by atoms with Crippen molar-refractivity contribution in [2.45, 2.75) is 40.5 Å². The standard InChI is InChI=1S/C12H22/c1-7-5-11-6-8(2)12(9(7)3)10(11)4/h7-12H,5-6H2,1-4H3. The van der Waals surface area contributed by atoms with E-state index < -0.39 is 0 Å². The van der Waals surface area contributed by atoms with Gasteiger partial charge in [-0.05, 0) is 48.3 Å². The summed E-state index contributed by atoms with van der Waals surface area (Å²) in [6, 6.07) is 0. The number of hydrogen-bond acceptors (Lipinski definition) is 0. The number of rotatable bonds is 0. The molecule has 0 aromatic rings. The maximum absolute atomic E-state index is 2.49. The zero-order valence-electron chi connectivity index (χ0n) is 8.88. The normalized spacial score (nSPS) is 59.0. The Hall–Kier alpha value is 0. The van der Waals surface area contributed by atoms with E-state index in [1.807, 2.05) is 0 Å². The second-order valence-corrected chi connectivity index (χ2v) is 5.48. The number of fused-ring (bicyclic) bond motifs is 2. The summed E-state index contributed by atoms with van der Waals surface area (Å²) in [6.07, 6.45) is 3.02. The van der Waals surface area contributed by atoms with E-state index in [4.69, 9.17) is 0 Å². The molecule has 0 aliphatic heterocycles. The van der Waals surface area contributed by atoms with Crippen molar-refractivity contribution >= 4 is 0 Å². The zero-order valence-corrected chi connectivity index (χ0v) is 8.88. The molecule has 6 atom stereocenters. The maximum atomic E-state index is 2.49. The van der Waals surface area contributed by atoms with E-state index in [9.17, 15) is 0 Å². The fraction of sp³-hybridized carbons (Fsp3) is 1.00. The first-order valence-electron chi connectivity index (χ1n) is 5.61. The van der Waals surface area contributed by atoms with Gasteiger partial charge >= 0.3 is 0 Å². The average Bonchev–Trinajstić information content (AvgIpc) is 2.19. The molecule has 2 rings (SSSR count). The molecule has 2 fully saturated rings. The monoisotopic (exact) mass is 166 g/mol. The molecule has 2 aliphatic rings. The highest BCUT2D eigenvalue weighted by Crippen LogP contribution is 2.54. The third kappa shape index (κ3) is 1.03. The van der Waals surface area contributed by atoms with E-state index in [0.717, 1.165) is 35.5 Å². The van der Waals surface area contributed by atoms with Crippen LogP contribution in [0.3, 0.4) is 0 Å². The third-order valence-corrected chi connectivity index (χ3v) is 4.86. The summed E-state index contributed by atoms with van der Waals surface area (Å²) < 4.78 is 0. The highest BCUT2D eigenvalue weighted by Gasteiger charge is 2.46. The third-order valence-electron chi connectivity index (χ3n) is 4.86. The highest BCUT2D eigenvalue weighted by atomic mass is 14.5. The number of hydrogen-bond donors (Lipinski definition) is 0. The van der Waals surface area contributed by atoms with Crippen LogP contribution in [0.4, 0.5) is 0 Å². The summed E-state index contributed by atoms with van der Waals surface area (Å²) in [7, 11) is 0. The zero-order chi connectivity index (χ0) is 8.88. The molecular formula is C12H22. The van der Waals surface area contributed by atoms with Gasteiger partial charge in [0.1, 0.15) is 0 Å². The van der Waals surface area contributed by atoms with Crippen LogP contribution in [0.2, 0.25) is 0 Å². The second-order valence-electron chi connectivity index (χ2n) is 5.48. The van der Waals surface area contributed by atoms with Crippen LogP contribution in [0, 0.1) is 35.5 Å². The van der Waals surface area contributed by atoms with E-state index in [0.29, 0.717) is 0 Å². The van der Waals surface area contributed by atoms with Gasteiger partial charge in [-0.2, -0.15) is 0 Å². The topological polar surface area (TPSA) is 0 Å². The fourth-order valence-corrected chi connectivity index (χ4v) is 4.06. The van der Waals surface area contributed by atoms with Crippen molar-refractivity contribution in [1.29, 1.82) is 0 Å². The van der Waals surface area contributed by atoms with Gasteiger partial charge in [-0.15, -0.1) is 0 Å². The molecule has 2 saturated carbocycles. The molecule has 0 saturated heterocycles. The van der Waals surface area contributed by atoms with Gasteiger partial charge in [-0.25, -0.2) is 0 Å². The molecule has 2 aliphatic carbocycles. The molecule has 0 radical (unpaired) electrons. The van der Waals surface area contributed by atoms with E-state index >= 15 is 0 Å². The van der Waals surface area contributed by atoms with E-state index in [1.54, 1.807) is 0 Å². The molecule has 0 heterocycles. The second kappa shape index (κ2) is 2.75. The molecule has 6 unspecified atom stereocenters. The summed E-state index contributed by atoms with van der Waals surface area (Å²) in [5.41, 5.74) is 0.